The van der Waals surface area contributed by atoms with E-state index in [1.165, 1.54) is 12.1 Å². The van der Waals surface area contributed by atoms with E-state index < -0.39 is 11.6 Å². The number of nitrogens with one attached hydrogen (secondary N) is 1. The van der Waals surface area contributed by atoms with Gasteiger partial charge in [0.2, 0.25) is 0 Å². The topological polar surface area (TPSA) is 77.0 Å². The molecule has 1 aliphatic rings. The summed E-state index contributed by atoms with van der Waals surface area (Å²) in [5, 5.41) is 10.3. The molecule has 0 aliphatic heterocycles. The van der Waals surface area contributed by atoms with Gasteiger partial charge in [0.15, 0.2) is 17.3 Å². The molecule has 0 spiro atoms. The Labute approximate surface area is 107 Å². The number of hydrogen-bond acceptors (Lipinski definition) is 5. The molecule has 3 N–H and O–H groups in total. The van der Waals surface area contributed by atoms with Crippen molar-refractivity contribution in [3.05, 3.63) is 47.3 Å². The molecule has 1 aromatic heterocycles. The molecule has 0 radical (unpaired) electrons. The van der Waals surface area contributed by atoms with Gasteiger partial charge in [-0.1, -0.05) is 17.3 Å². The van der Waals surface area contributed by atoms with Crippen molar-refractivity contribution in [2.45, 2.75) is 12.5 Å². The highest BCUT2D eigenvalue weighted by atomic mass is 19.2. The second kappa shape index (κ2) is 4.34. The van der Waals surface area contributed by atoms with Gasteiger partial charge in [0, 0.05) is 0 Å². The average molecular weight is 264 g/mol. The zero-order valence-corrected chi connectivity index (χ0v) is 9.73. The van der Waals surface area contributed by atoms with Gasteiger partial charge in [-0.2, -0.15) is 0 Å². The molecule has 3 rings (SSSR count). The normalized spacial score (nSPS) is 17.8. The fraction of sp³-hybridized carbons (Fsp3) is 0.167. The molecule has 98 valence electrons. The minimum absolute atomic E-state index is 0.0628. The zero-order chi connectivity index (χ0) is 13.4. The third-order valence-corrected chi connectivity index (χ3v) is 2.97. The van der Waals surface area contributed by atoms with Crippen LogP contribution in [-0.2, 0) is 0 Å². The molecular weight excluding hydrogens is 254 g/mol. The SMILES string of the molecule is NC1=CCC(Nc2cccc(F)c2F)c2nonc21. The number of halogens is 2. The monoisotopic (exact) mass is 264 g/mol. The summed E-state index contributed by atoms with van der Waals surface area (Å²) in [6.45, 7) is 0. The second-order valence-corrected chi connectivity index (χ2v) is 4.19. The first-order valence-electron chi connectivity index (χ1n) is 5.66. The molecular formula is C12H10F2N4O. The van der Waals surface area contributed by atoms with Crippen molar-refractivity contribution in [1.29, 1.82) is 0 Å². The fourth-order valence-corrected chi connectivity index (χ4v) is 2.01. The fourth-order valence-electron chi connectivity index (χ4n) is 2.01. The van der Waals surface area contributed by atoms with Gasteiger partial charge in [-0.3, -0.25) is 0 Å². The summed E-state index contributed by atoms with van der Waals surface area (Å²) in [5.41, 5.74) is 7.19. The Morgan fingerprint density at radius 2 is 2.16 bits per heavy atom. The van der Waals surface area contributed by atoms with Crippen LogP contribution in [0.2, 0.25) is 0 Å². The minimum Gasteiger partial charge on any atom is -0.397 e. The molecule has 1 heterocycles. The predicted octanol–water partition coefficient (Wildman–Crippen LogP) is 2.20. The van der Waals surface area contributed by atoms with Crippen molar-refractivity contribution in [3.63, 3.8) is 0 Å². The van der Waals surface area contributed by atoms with Crippen molar-refractivity contribution in [3.8, 4) is 0 Å². The molecule has 1 aromatic carbocycles. The number of benzene rings is 1. The maximum atomic E-state index is 13.6. The standard InChI is InChI=1S/C12H10F2N4O/c13-6-2-1-3-8(10(6)14)16-9-5-4-7(15)11-12(9)18-19-17-11/h1-4,9,16H,5,15H2. The van der Waals surface area contributed by atoms with Crippen LogP contribution in [0.15, 0.2) is 28.9 Å². The summed E-state index contributed by atoms with van der Waals surface area (Å²) < 4.78 is 31.4. The maximum absolute atomic E-state index is 13.6. The molecule has 5 nitrogen and oxygen atoms in total. The number of anilines is 1. The van der Waals surface area contributed by atoms with Gasteiger partial charge >= 0.3 is 0 Å². The second-order valence-electron chi connectivity index (χ2n) is 4.19. The minimum atomic E-state index is -0.928. The summed E-state index contributed by atoms with van der Waals surface area (Å²) in [6, 6.07) is 3.58. The smallest absolute Gasteiger partial charge is 0.181 e. The van der Waals surface area contributed by atoms with Gasteiger partial charge in [-0.05, 0) is 23.7 Å². The summed E-state index contributed by atoms with van der Waals surface area (Å²) in [7, 11) is 0. The lowest BCUT2D eigenvalue weighted by Gasteiger charge is -2.20. The molecule has 0 fully saturated rings. The largest absolute Gasteiger partial charge is 0.397 e. The third kappa shape index (κ3) is 1.92. The Kier molecular flexibility index (Phi) is 2.66. The van der Waals surface area contributed by atoms with Gasteiger partial charge in [-0.15, -0.1) is 0 Å². The number of rotatable bonds is 2. The van der Waals surface area contributed by atoms with Crippen LogP contribution < -0.4 is 11.1 Å². The van der Waals surface area contributed by atoms with Gasteiger partial charge in [0.25, 0.3) is 0 Å². The lowest BCUT2D eigenvalue weighted by atomic mass is 10.00. The predicted molar refractivity (Wildman–Crippen MR) is 63.8 cm³/mol. The third-order valence-electron chi connectivity index (χ3n) is 2.97. The van der Waals surface area contributed by atoms with Crippen LogP contribution in [0.25, 0.3) is 5.70 Å². The van der Waals surface area contributed by atoms with E-state index in [2.05, 4.69) is 20.3 Å². The van der Waals surface area contributed by atoms with Gasteiger partial charge in [0.1, 0.15) is 5.69 Å². The van der Waals surface area contributed by atoms with E-state index in [0.29, 0.717) is 23.5 Å². The number of nitrogens with zero attached hydrogens (tertiary/aromatic N) is 2. The van der Waals surface area contributed by atoms with E-state index in [-0.39, 0.29) is 11.7 Å². The molecule has 2 aromatic rings. The maximum Gasteiger partial charge on any atom is 0.181 e. The summed E-state index contributed by atoms with van der Waals surface area (Å²) in [4.78, 5) is 0. The highest BCUT2D eigenvalue weighted by molar-refractivity contribution is 5.64. The highest BCUT2D eigenvalue weighted by Gasteiger charge is 2.26. The summed E-state index contributed by atoms with van der Waals surface area (Å²) in [5.74, 6) is -1.84. The van der Waals surface area contributed by atoms with Crippen molar-refractivity contribution in [2.24, 2.45) is 5.73 Å². The Bertz CT molecular complexity index is 653. The van der Waals surface area contributed by atoms with Crippen LogP contribution >= 0.6 is 0 Å². The van der Waals surface area contributed by atoms with E-state index in [4.69, 9.17) is 5.73 Å². The molecule has 7 heteroatoms. The van der Waals surface area contributed by atoms with Crippen LogP contribution in [0.4, 0.5) is 14.5 Å². The van der Waals surface area contributed by atoms with Crippen molar-refractivity contribution >= 4 is 11.4 Å². The van der Waals surface area contributed by atoms with Gasteiger partial charge in [0.05, 0.1) is 17.4 Å². The first kappa shape index (κ1) is 11.6. The molecule has 0 amide bonds. The summed E-state index contributed by atoms with van der Waals surface area (Å²) in [6.07, 6.45) is 2.23. The Hall–Kier alpha value is -2.44. The number of aromatic nitrogens is 2. The number of nitrogens with two attached hydrogens (primary N) is 1. The zero-order valence-electron chi connectivity index (χ0n) is 9.73. The van der Waals surface area contributed by atoms with Crippen molar-refractivity contribution in [1.82, 2.24) is 10.3 Å². The first-order chi connectivity index (χ1) is 9.16. The van der Waals surface area contributed by atoms with Crippen LogP contribution in [-0.4, -0.2) is 10.3 Å². The molecule has 0 saturated heterocycles. The Morgan fingerprint density at radius 3 is 3.00 bits per heavy atom. The van der Waals surface area contributed by atoms with E-state index in [1.807, 2.05) is 0 Å². The number of hydrogen-bond donors (Lipinski definition) is 2. The molecule has 19 heavy (non-hydrogen) atoms. The van der Waals surface area contributed by atoms with Crippen LogP contribution in [0.5, 0.6) is 0 Å². The molecule has 1 unspecified atom stereocenters. The van der Waals surface area contributed by atoms with Crippen molar-refractivity contribution in [2.75, 3.05) is 5.32 Å². The van der Waals surface area contributed by atoms with Crippen LogP contribution in [0.3, 0.4) is 0 Å². The molecule has 1 atom stereocenters. The highest BCUT2D eigenvalue weighted by Crippen LogP contribution is 2.31. The van der Waals surface area contributed by atoms with Crippen molar-refractivity contribution < 1.29 is 13.4 Å². The van der Waals surface area contributed by atoms with Crippen LogP contribution in [0, 0.1) is 11.6 Å². The molecule has 1 aliphatic carbocycles. The number of fused-ring (bicyclic) bond motifs is 1. The molecule has 0 saturated carbocycles. The van der Waals surface area contributed by atoms with E-state index in [1.54, 1.807) is 6.08 Å². The molecule has 0 bridgehead atoms. The van der Waals surface area contributed by atoms with E-state index in [0.717, 1.165) is 6.07 Å². The van der Waals surface area contributed by atoms with Gasteiger partial charge < -0.3 is 11.1 Å². The van der Waals surface area contributed by atoms with Gasteiger partial charge in [-0.25, -0.2) is 13.4 Å². The Morgan fingerprint density at radius 1 is 1.32 bits per heavy atom. The Balaban J connectivity index is 1.92. The van der Waals surface area contributed by atoms with E-state index >= 15 is 0 Å². The lowest BCUT2D eigenvalue weighted by molar-refractivity contribution is 0.301. The summed E-state index contributed by atoms with van der Waals surface area (Å²) >= 11 is 0. The average Bonchev–Trinajstić information content (AvgIpc) is 2.88. The van der Waals surface area contributed by atoms with E-state index in [9.17, 15) is 8.78 Å². The van der Waals surface area contributed by atoms with Crippen LogP contribution in [0.1, 0.15) is 23.9 Å². The quantitative estimate of drug-likeness (QED) is 0.869. The first-order valence-corrected chi connectivity index (χ1v) is 5.66. The lowest BCUT2D eigenvalue weighted by Crippen LogP contribution is -2.18.